The molecule has 2 aromatic rings. The number of fused-ring (bicyclic) bond motifs is 1. The van der Waals surface area contributed by atoms with Crippen molar-refractivity contribution in [3.8, 4) is 11.5 Å². The highest BCUT2D eigenvalue weighted by Crippen LogP contribution is 2.12. The minimum absolute atomic E-state index is 0.912. The summed E-state index contributed by atoms with van der Waals surface area (Å²) in [6.45, 7) is 6.82. The molecule has 0 saturated heterocycles. The minimum Gasteiger partial charge on any atom is -0.253 e. The van der Waals surface area contributed by atoms with Gasteiger partial charge in [-0.05, 0) is 12.1 Å². The number of pyridine rings is 1. The van der Waals surface area contributed by atoms with E-state index in [2.05, 4.69) is 60.4 Å². The molecule has 0 fully saturated rings. The fraction of sp³-hybridized carbons (Fsp3) is 0.312. The van der Waals surface area contributed by atoms with E-state index in [1.807, 2.05) is 12.1 Å². The third-order valence-electron chi connectivity index (χ3n) is 2.63. The number of hydrogen-bond donors (Lipinski definition) is 0. The number of benzene rings is 1. The van der Waals surface area contributed by atoms with E-state index in [0.717, 1.165) is 24.1 Å². The fourth-order valence-corrected chi connectivity index (χ4v) is 2.42. The van der Waals surface area contributed by atoms with Crippen LogP contribution < -0.4 is 0 Å². The Morgan fingerprint density at radius 2 is 1.83 bits per heavy atom. The van der Waals surface area contributed by atoms with Gasteiger partial charge >= 0.3 is 0 Å². The monoisotopic (exact) mass is 253 g/mol. The Balaban J connectivity index is 2.06. The second-order valence-electron chi connectivity index (χ2n) is 5.55. The molecule has 1 heterocycles. The van der Waals surface area contributed by atoms with Gasteiger partial charge in [0.2, 0.25) is 0 Å². The van der Waals surface area contributed by atoms with Crippen molar-refractivity contribution in [1.82, 2.24) is 4.98 Å². The summed E-state index contributed by atoms with van der Waals surface area (Å²) in [6, 6.07) is 12.5. The van der Waals surface area contributed by atoms with Gasteiger partial charge < -0.3 is 0 Å². The third kappa shape index (κ3) is 3.71. The topological polar surface area (TPSA) is 12.9 Å². The molecule has 0 amide bonds. The van der Waals surface area contributed by atoms with Crippen LogP contribution in [0.4, 0.5) is 0 Å². The van der Waals surface area contributed by atoms with Gasteiger partial charge in [-0.15, -0.1) is 11.5 Å². The Morgan fingerprint density at radius 1 is 1.06 bits per heavy atom. The quantitative estimate of drug-likeness (QED) is 0.581. The van der Waals surface area contributed by atoms with Gasteiger partial charge in [0.1, 0.15) is 8.07 Å². The van der Waals surface area contributed by atoms with Crippen molar-refractivity contribution in [1.29, 1.82) is 0 Å². The molecule has 2 heteroatoms. The summed E-state index contributed by atoms with van der Waals surface area (Å²) in [5.74, 6) is 3.29. The maximum Gasteiger partial charge on any atom is 0.129 e. The lowest BCUT2D eigenvalue weighted by Gasteiger charge is -2.03. The highest BCUT2D eigenvalue weighted by atomic mass is 28.3. The van der Waals surface area contributed by atoms with E-state index in [9.17, 15) is 0 Å². The number of aryl methyl sites for hydroxylation is 1. The van der Waals surface area contributed by atoms with Crippen molar-refractivity contribution in [2.45, 2.75) is 32.5 Å². The average molecular weight is 253 g/mol. The molecular formula is C16H19NSi. The molecule has 0 aliphatic heterocycles. The summed E-state index contributed by atoms with van der Waals surface area (Å²) in [6.07, 6.45) is 1.86. The van der Waals surface area contributed by atoms with Crippen LogP contribution in [0.2, 0.25) is 19.6 Å². The molecule has 0 spiro atoms. The highest BCUT2D eigenvalue weighted by Gasteiger charge is 2.07. The Hall–Kier alpha value is -1.59. The zero-order valence-electron chi connectivity index (χ0n) is 11.3. The van der Waals surface area contributed by atoms with Crippen LogP contribution in [0.15, 0.2) is 36.4 Å². The second kappa shape index (κ2) is 5.37. The second-order valence-corrected chi connectivity index (χ2v) is 10.3. The molecule has 0 radical (unpaired) electrons. The number of hydrogen-bond acceptors (Lipinski definition) is 1. The first kappa shape index (κ1) is 12.9. The molecule has 1 nitrogen and oxygen atoms in total. The van der Waals surface area contributed by atoms with Crippen LogP contribution in [0.5, 0.6) is 0 Å². The van der Waals surface area contributed by atoms with Crippen LogP contribution in [-0.2, 0) is 6.42 Å². The summed E-state index contributed by atoms with van der Waals surface area (Å²) in [7, 11) is -1.22. The molecule has 92 valence electrons. The van der Waals surface area contributed by atoms with Gasteiger partial charge in [0.15, 0.2) is 0 Å². The highest BCUT2D eigenvalue weighted by molar-refractivity contribution is 6.83. The molecule has 0 N–H and O–H groups in total. The van der Waals surface area contributed by atoms with Crippen molar-refractivity contribution < 1.29 is 0 Å². The van der Waals surface area contributed by atoms with Crippen LogP contribution in [0, 0.1) is 11.5 Å². The molecule has 2 rings (SSSR count). The maximum atomic E-state index is 4.65. The summed E-state index contributed by atoms with van der Waals surface area (Å²) in [5.41, 5.74) is 5.60. The van der Waals surface area contributed by atoms with Gasteiger partial charge in [0.05, 0.1) is 5.52 Å². The Kier molecular flexibility index (Phi) is 3.83. The smallest absolute Gasteiger partial charge is 0.129 e. The van der Waals surface area contributed by atoms with Gasteiger partial charge in [0.25, 0.3) is 0 Å². The standard InChI is InChI=1S/C16H19NSi/c1-18(2,3)13-7-6-9-15-12-11-14-8-4-5-10-16(14)17-15/h4-5,8,10-12H,6,9H2,1-3H3. The third-order valence-corrected chi connectivity index (χ3v) is 3.55. The van der Waals surface area contributed by atoms with Crippen molar-refractivity contribution >= 4 is 19.0 Å². The van der Waals surface area contributed by atoms with Crippen molar-refractivity contribution in [3.63, 3.8) is 0 Å². The van der Waals surface area contributed by atoms with E-state index >= 15 is 0 Å². The number of rotatable bonds is 2. The average Bonchev–Trinajstić information content (AvgIpc) is 2.33. The largest absolute Gasteiger partial charge is 0.253 e. The van der Waals surface area contributed by atoms with Gasteiger partial charge in [-0.1, -0.05) is 43.9 Å². The van der Waals surface area contributed by atoms with Gasteiger partial charge in [0, 0.05) is 23.9 Å². The first-order valence-corrected chi connectivity index (χ1v) is 9.89. The molecule has 0 bridgehead atoms. The lowest BCUT2D eigenvalue weighted by atomic mass is 10.1. The zero-order chi connectivity index (χ0) is 13.0. The predicted molar refractivity (Wildman–Crippen MR) is 81.2 cm³/mol. The predicted octanol–water partition coefficient (Wildman–Crippen LogP) is 4.05. The number of nitrogens with zero attached hydrogens (tertiary/aromatic N) is 1. The van der Waals surface area contributed by atoms with E-state index in [-0.39, 0.29) is 0 Å². The van der Waals surface area contributed by atoms with Crippen LogP contribution >= 0.6 is 0 Å². The maximum absolute atomic E-state index is 4.65. The Labute approximate surface area is 110 Å². The molecule has 0 unspecified atom stereocenters. The van der Waals surface area contributed by atoms with E-state index in [4.69, 9.17) is 0 Å². The normalized spacial score (nSPS) is 11.1. The first-order valence-electron chi connectivity index (χ1n) is 6.39. The summed E-state index contributed by atoms with van der Waals surface area (Å²) in [4.78, 5) is 4.65. The number of aromatic nitrogens is 1. The van der Waals surface area contributed by atoms with Gasteiger partial charge in [-0.2, -0.15) is 0 Å². The fourth-order valence-electron chi connectivity index (χ4n) is 1.77. The molecule has 1 aromatic carbocycles. The lowest BCUT2D eigenvalue weighted by molar-refractivity contribution is 0.976. The first-order chi connectivity index (χ1) is 8.54. The van der Waals surface area contributed by atoms with E-state index in [0.29, 0.717) is 0 Å². The Morgan fingerprint density at radius 3 is 2.61 bits per heavy atom. The Bertz CT molecular complexity index is 600. The molecule has 0 saturated carbocycles. The van der Waals surface area contributed by atoms with E-state index in [1.165, 1.54) is 5.39 Å². The SMILES string of the molecule is C[Si](C)(C)C#CCCc1ccc2ccccc2n1. The molecule has 0 atom stereocenters. The molecule has 0 aliphatic carbocycles. The van der Waals surface area contributed by atoms with Crippen molar-refractivity contribution in [2.24, 2.45) is 0 Å². The van der Waals surface area contributed by atoms with E-state index in [1.54, 1.807) is 0 Å². The van der Waals surface area contributed by atoms with Crippen molar-refractivity contribution in [3.05, 3.63) is 42.1 Å². The lowest BCUT2D eigenvalue weighted by Crippen LogP contribution is -2.16. The van der Waals surface area contributed by atoms with Crippen LogP contribution in [0.25, 0.3) is 10.9 Å². The molecular weight excluding hydrogens is 234 g/mol. The minimum atomic E-state index is -1.22. The summed E-state index contributed by atoms with van der Waals surface area (Å²) in [5, 5.41) is 1.20. The molecule has 1 aromatic heterocycles. The zero-order valence-corrected chi connectivity index (χ0v) is 12.3. The van der Waals surface area contributed by atoms with Crippen LogP contribution in [-0.4, -0.2) is 13.1 Å². The van der Waals surface area contributed by atoms with Gasteiger partial charge in [-0.3, -0.25) is 4.98 Å². The van der Waals surface area contributed by atoms with Crippen molar-refractivity contribution in [2.75, 3.05) is 0 Å². The summed E-state index contributed by atoms with van der Waals surface area (Å²) >= 11 is 0. The molecule has 0 aliphatic rings. The number of para-hydroxylation sites is 1. The van der Waals surface area contributed by atoms with Crippen LogP contribution in [0.1, 0.15) is 12.1 Å². The van der Waals surface area contributed by atoms with Crippen LogP contribution in [0.3, 0.4) is 0 Å². The molecule has 18 heavy (non-hydrogen) atoms. The summed E-state index contributed by atoms with van der Waals surface area (Å²) < 4.78 is 0. The van der Waals surface area contributed by atoms with Gasteiger partial charge in [-0.25, -0.2) is 0 Å². The van der Waals surface area contributed by atoms with E-state index < -0.39 is 8.07 Å².